The zero-order valence-corrected chi connectivity index (χ0v) is 15.6. The molecule has 0 aliphatic carbocycles. The molecule has 2 aliphatic heterocycles. The van der Waals surface area contributed by atoms with E-state index < -0.39 is 35.1 Å². The topological polar surface area (TPSA) is 120 Å². The first kappa shape index (κ1) is 19.4. The van der Waals surface area contributed by atoms with Crippen LogP contribution in [-0.4, -0.2) is 60.8 Å². The van der Waals surface area contributed by atoms with Crippen molar-refractivity contribution in [1.82, 2.24) is 20.3 Å². The second-order valence-electron chi connectivity index (χ2n) is 6.55. The Kier molecular flexibility index (Phi) is 4.56. The van der Waals surface area contributed by atoms with Gasteiger partial charge in [-0.3, -0.25) is 4.79 Å². The Morgan fingerprint density at radius 1 is 1.31 bits per heavy atom. The van der Waals surface area contributed by atoms with E-state index in [1.807, 2.05) is 0 Å². The highest BCUT2D eigenvalue weighted by atomic mass is 32.2. The Labute approximate surface area is 162 Å². The summed E-state index contributed by atoms with van der Waals surface area (Å²) in [6, 6.07) is 1.78. The molecule has 0 fully saturated rings. The monoisotopic (exact) mass is 428 g/mol. The normalized spacial score (nSPS) is 18.7. The van der Waals surface area contributed by atoms with Crippen molar-refractivity contribution in [1.29, 1.82) is 0 Å². The molecule has 2 aliphatic rings. The summed E-state index contributed by atoms with van der Waals surface area (Å²) < 4.78 is 65.0. The molecule has 2 aromatic heterocycles. The zero-order valence-electron chi connectivity index (χ0n) is 14.8. The molecule has 9 nitrogen and oxygen atoms in total. The van der Waals surface area contributed by atoms with E-state index in [1.54, 1.807) is 17.2 Å². The number of carbonyl (C=O) groups excluding carboxylic acids is 1. The molecule has 154 valence electrons. The predicted octanol–water partition coefficient (Wildman–Crippen LogP) is 1.28. The van der Waals surface area contributed by atoms with Gasteiger partial charge >= 0.3 is 6.18 Å². The van der Waals surface area contributed by atoms with Gasteiger partial charge in [0.1, 0.15) is 23.5 Å². The van der Waals surface area contributed by atoms with E-state index in [0.29, 0.717) is 18.0 Å². The molecule has 2 aromatic rings. The van der Waals surface area contributed by atoms with Crippen molar-refractivity contribution in [2.75, 3.05) is 24.5 Å². The number of rotatable bonds is 4. The highest BCUT2D eigenvalue weighted by Crippen LogP contribution is 2.34. The minimum atomic E-state index is -4.43. The molecule has 29 heavy (non-hydrogen) atoms. The number of halogens is 3. The first-order valence-corrected chi connectivity index (χ1v) is 10.0. The molecule has 0 bridgehead atoms. The summed E-state index contributed by atoms with van der Waals surface area (Å²) in [7, 11) is -4.01. The molecule has 4 heterocycles. The highest BCUT2D eigenvalue weighted by molar-refractivity contribution is 7.94. The van der Waals surface area contributed by atoms with Crippen molar-refractivity contribution in [2.24, 2.45) is 4.40 Å². The third-order valence-electron chi connectivity index (χ3n) is 4.64. The van der Waals surface area contributed by atoms with Gasteiger partial charge in [0.2, 0.25) is 0 Å². The number of aromatic nitrogens is 3. The lowest BCUT2D eigenvalue weighted by Crippen LogP contribution is -2.39. The highest BCUT2D eigenvalue weighted by Gasteiger charge is 2.39. The molecule has 2 N–H and O–H groups in total. The number of hydrogen-bond donors (Lipinski definition) is 2. The van der Waals surface area contributed by atoms with Crippen molar-refractivity contribution < 1.29 is 26.4 Å². The quantitative estimate of drug-likeness (QED) is 0.757. The number of H-pyrrole nitrogens is 1. The zero-order chi connectivity index (χ0) is 20.8. The first-order valence-electron chi connectivity index (χ1n) is 8.61. The first-order chi connectivity index (χ1) is 13.7. The lowest BCUT2D eigenvalue weighted by molar-refractivity contribution is -0.134. The van der Waals surface area contributed by atoms with Gasteiger partial charge in [-0.15, -0.1) is 0 Å². The number of nitrogens with one attached hydrogen (secondary N) is 2. The van der Waals surface area contributed by atoms with E-state index in [1.165, 1.54) is 6.33 Å². The maximum Gasteiger partial charge on any atom is 0.390 e. The van der Waals surface area contributed by atoms with Crippen LogP contribution >= 0.6 is 0 Å². The second-order valence-corrected chi connectivity index (χ2v) is 8.17. The summed E-state index contributed by atoms with van der Waals surface area (Å²) in [4.78, 5) is 25.5. The van der Waals surface area contributed by atoms with Crippen LogP contribution in [0.2, 0.25) is 0 Å². The number of sulfonamides is 1. The van der Waals surface area contributed by atoms with Gasteiger partial charge in [0.15, 0.2) is 0 Å². The number of fused-ring (bicyclic) bond motifs is 1. The molecule has 0 spiro atoms. The number of hydrogen-bond acceptors (Lipinski definition) is 6. The van der Waals surface area contributed by atoms with Crippen LogP contribution in [0.3, 0.4) is 0 Å². The van der Waals surface area contributed by atoms with Gasteiger partial charge in [-0.05, 0) is 6.07 Å². The van der Waals surface area contributed by atoms with Crippen LogP contribution in [0.1, 0.15) is 12.8 Å². The van der Waals surface area contributed by atoms with Crippen LogP contribution in [0, 0.1) is 0 Å². The number of nitrogens with zero attached hydrogens (tertiary/aromatic N) is 4. The van der Waals surface area contributed by atoms with Crippen molar-refractivity contribution in [3.05, 3.63) is 29.1 Å². The van der Waals surface area contributed by atoms with Gasteiger partial charge in [0.25, 0.3) is 15.9 Å². The van der Waals surface area contributed by atoms with Gasteiger partial charge in [-0.1, -0.05) is 0 Å². The number of aromatic amines is 1. The van der Waals surface area contributed by atoms with Crippen LogP contribution in [0.15, 0.2) is 33.5 Å². The molecule has 13 heteroatoms. The second kappa shape index (κ2) is 6.83. The van der Waals surface area contributed by atoms with Crippen LogP contribution in [-0.2, 0) is 14.8 Å². The molecule has 0 saturated carbocycles. The van der Waals surface area contributed by atoms with E-state index >= 15 is 0 Å². The maximum atomic E-state index is 12.3. The minimum absolute atomic E-state index is 0.0223. The van der Waals surface area contributed by atoms with Crippen molar-refractivity contribution in [2.45, 2.75) is 19.0 Å². The van der Waals surface area contributed by atoms with E-state index in [2.05, 4.69) is 24.7 Å². The summed E-state index contributed by atoms with van der Waals surface area (Å²) in [6.07, 6.45) is -2.49. The summed E-state index contributed by atoms with van der Waals surface area (Å²) in [6.45, 7) is -0.297. The maximum absolute atomic E-state index is 12.3. The standard InChI is InChI=1S/C16H15F3N6O3S/c17-16(18,19)3-5-21-15(26)12-10-7-25(6-2-11(10)29(27,28)24-12)14-9-1-4-20-13(9)22-8-23-14/h1,4,8H,2-3,5-7H2,(H,21,26)(H,20,22,23). The van der Waals surface area contributed by atoms with Crippen LogP contribution in [0.25, 0.3) is 11.0 Å². The van der Waals surface area contributed by atoms with Gasteiger partial charge < -0.3 is 15.2 Å². The third kappa shape index (κ3) is 3.69. The summed E-state index contributed by atoms with van der Waals surface area (Å²) in [5.74, 6) is -0.386. The fourth-order valence-corrected chi connectivity index (χ4v) is 4.70. The lowest BCUT2D eigenvalue weighted by Gasteiger charge is -2.29. The molecule has 0 saturated heterocycles. The number of anilines is 1. The van der Waals surface area contributed by atoms with E-state index in [4.69, 9.17) is 0 Å². The van der Waals surface area contributed by atoms with Gasteiger partial charge in [0, 0.05) is 37.8 Å². The molecule has 0 unspecified atom stereocenters. The Balaban J connectivity index is 1.59. The number of alkyl halides is 3. The number of amides is 1. The fraction of sp³-hybridized carbons (Fsp3) is 0.375. The van der Waals surface area contributed by atoms with Crippen molar-refractivity contribution in [3.8, 4) is 0 Å². The molecule has 0 aromatic carbocycles. The largest absolute Gasteiger partial charge is 0.390 e. The number of carbonyl (C=O) groups is 1. The van der Waals surface area contributed by atoms with Crippen molar-refractivity contribution in [3.63, 3.8) is 0 Å². The van der Waals surface area contributed by atoms with Gasteiger partial charge in [0.05, 0.1) is 16.7 Å². The smallest absolute Gasteiger partial charge is 0.351 e. The fourth-order valence-electron chi connectivity index (χ4n) is 3.34. The average Bonchev–Trinajstić information content (AvgIpc) is 3.22. The summed E-state index contributed by atoms with van der Waals surface area (Å²) >= 11 is 0. The van der Waals surface area contributed by atoms with Gasteiger partial charge in [-0.25, -0.2) is 9.97 Å². The Hall–Kier alpha value is -2.96. The van der Waals surface area contributed by atoms with Crippen LogP contribution in [0.4, 0.5) is 19.0 Å². The van der Waals surface area contributed by atoms with Gasteiger partial charge in [-0.2, -0.15) is 26.0 Å². The van der Waals surface area contributed by atoms with E-state index in [-0.39, 0.29) is 29.2 Å². The molecule has 0 radical (unpaired) electrons. The predicted molar refractivity (Wildman–Crippen MR) is 97.8 cm³/mol. The Morgan fingerprint density at radius 2 is 2.10 bits per heavy atom. The summed E-state index contributed by atoms with van der Waals surface area (Å²) in [5, 5.41) is 2.82. The molecular formula is C16H15F3N6O3S. The van der Waals surface area contributed by atoms with Crippen LogP contribution in [0.5, 0.6) is 0 Å². The summed E-state index contributed by atoms with van der Waals surface area (Å²) in [5.41, 5.74) is 0.418. The average molecular weight is 428 g/mol. The minimum Gasteiger partial charge on any atom is -0.351 e. The molecule has 1 amide bonds. The Morgan fingerprint density at radius 3 is 2.86 bits per heavy atom. The van der Waals surface area contributed by atoms with E-state index in [9.17, 15) is 26.4 Å². The SMILES string of the molecule is O=C(NCCC(F)(F)F)C1=NS(=O)(=O)C2=C1CN(c1ncnc3[nH]ccc13)CC2. The molecule has 0 atom stereocenters. The molecule has 4 rings (SSSR count). The van der Waals surface area contributed by atoms with E-state index in [0.717, 1.165) is 5.39 Å². The lowest BCUT2D eigenvalue weighted by atomic mass is 10.0. The third-order valence-corrected chi connectivity index (χ3v) is 6.14. The Bertz CT molecular complexity index is 1150. The van der Waals surface area contributed by atoms with Crippen molar-refractivity contribution >= 4 is 38.5 Å². The molecular weight excluding hydrogens is 413 g/mol. The van der Waals surface area contributed by atoms with Crippen LogP contribution < -0.4 is 10.2 Å².